The topological polar surface area (TPSA) is 65.6 Å². The van der Waals surface area contributed by atoms with Crippen LogP contribution in [0.5, 0.6) is 0 Å². The summed E-state index contributed by atoms with van der Waals surface area (Å²) in [5.41, 5.74) is 5.32. The standard InChI is InChI=1S/C27H23N3O3/c1-16-9-8-12-19(15-16)29-26(31)23-24(22-17(2)28-21-14-7-6-13-20(21)22)30(33-25(23)27(29)32)18-10-4-3-5-11-18/h3-15,23-25,28H,1-2H3. The molecule has 1 aromatic heterocycles. The first-order chi connectivity index (χ1) is 16.0. The second-order valence-electron chi connectivity index (χ2n) is 8.72. The van der Waals surface area contributed by atoms with E-state index in [0.717, 1.165) is 33.4 Å². The second kappa shape index (κ2) is 7.32. The van der Waals surface area contributed by atoms with Gasteiger partial charge < -0.3 is 4.98 Å². The van der Waals surface area contributed by atoms with Crippen molar-refractivity contribution in [2.75, 3.05) is 9.96 Å². The Kier molecular flexibility index (Phi) is 4.38. The molecule has 0 spiro atoms. The molecule has 2 aliphatic rings. The van der Waals surface area contributed by atoms with E-state index in [0.29, 0.717) is 5.69 Å². The molecule has 0 saturated carbocycles. The SMILES string of the molecule is Cc1cccc(N2C(=O)C3ON(c4ccccc4)C(c4c(C)[nH]c5ccccc45)C3C2=O)c1. The first-order valence-corrected chi connectivity index (χ1v) is 11.1. The van der Waals surface area contributed by atoms with Crippen LogP contribution >= 0.6 is 0 Å². The number of carbonyl (C=O) groups is 2. The summed E-state index contributed by atoms with van der Waals surface area (Å²) >= 11 is 0. The molecule has 2 saturated heterocycles. The Balaban J connectivity index is 1.52. The van der Waals surface area contributed by atoms with Crippen molar-refractivity contribution in [2.45, 2.75) is 26.0 Å². The number of H-pyrrole nitrogens is 1. The molecule has 0 aliphatic carbocycles. The lowest BCUT2D eigenvalue weighted by Gasteiger charge is -2.29. The maximum atomic E-state index is 13.8. The van der Waals surface area contributed by atoms with Gasteiger partial charge in [-0.05, 0) is 49.7 Å². The summed E-state index contributed by atoms with van der Waals surface area (Å²) in [6.07, 6.45) is -0.878. The van der Waals surface area contributed by atoms with Crippen molar-refractivity contribution >= 4 is 34.1 Å². The Morgan fingerprint density at radius 3 is 2.33 bits per heavy atom. The fourth-order valence-corrected chi connectivity index (χ4v) is 5.21. The number of anilines is 2. The maximum absolute atomic E-state index is 13.8. The van der Waals surface area contributed by atoms with Crippen LogP contribution in [0.1, 0.15) is 22.9 Å². The summed E-state index contributed by atoms with van der Waals surface area (Å²) in [7, 11) is 0. The number of aromatic nitrogens is 1. The molecule has 1 N–H and O–H groups in total. The van der Waals surface area contributed by atoms with Gasteiger partial charge in [0.05, 0.1) is 17.4 Å². The number of nitrogens with one attached hydrogen (secondary N) is 1. The van der Waals surface area contributed by atoms with E-state index in [1.165, 1.54) is 4.90 Å². The van der Waals surface area contributed by atoms with Gasteiger partial charge >= 0.3 is 0 Å². The van der Waals surface area contributed by atoms with Crippen LogP contribution < -0.4 is 9.96 Å². The molecule has 6 heteroatoms. The summed E-state index contributed by atoms with van der Waals surface area (Å²) in [6, 6.07) is 24.7. The van der Waals surface area contributed by atoms with Gasteiger partial charge in [-0.3, -0.25) is 14.4 Å². The molecule has 3 atom stereocenters. The molecule has 6 rings (SSSR count). The summed E-state index contributed by atoms with van der Waals surface area (Å²) in [6.45, 7) is 3.95. The van der Waals surface area contributed by atoms with Gasteiger partial charge in [-0.25, -0.2) is 9.96 Å². The molecule has 4 aromatic rings. The monoisotopic (exact) mass is 437 g/mol. The Hall–Kier alpha value is -3.90. The molecule has 33 heavy (non-hydrogen) atoms. The quantitative estimate of drug-likeness (QED) is 0.466. The zero-order valence-electron chi connectivity index (χ0n) is 18.4. The smallest absolute Gasteiger partial charge is 0.266 e. The fraction of sp³-hybridized carbons (Fsp3) is 0.185. The van der Waals surface area contributed by atoms with Crippen LogP contribution in [0.3, 0.4) is 0 Å². The van der Waals surface area contributed by atoms with E-state index in [2.05, 4.69) is 4.98 Å². The average molecular weight is 437 g/mol. The zero-order valence-corrected chi connectivity index (χ0v) is 18.4. The van der Waals surface area contributed by atoms with Crippen molar-refractivity contribution in [3.63, 3.8) is 0 Å². The minimum absolute atomic E-state index is 0.233. The summed E-state index contributed by atoms with van der Waals surface area (Å²) in [5.74, 6) is -1.21. The molecule has 3 heterocycles. The van der Waals surface area contributed by atoms with Gasteiger partial charge in [0.25, 0.3) is 5.91 Å². The van der Waals surface area contributed by atoms with Crippen LogP contribution in [0, 0.1) is 19.8 Å². The number of hydroxylamine groups is 1. The third-order valence-electron chi connectivity index (χ3n) is 6.63. The number of hydrogen-bond donors (Lipinski definition) is 1. The van der Waals surface area contributed by atoms with Gasteiger partial charge in [0.15, 0.2) is 6.10 Å². The number of amides is 2. The highest BCUT2D eigenvalue weighted by Gasteiger charge is 2.60. The molecule has 2 aliphatic heterocycles. The van der Waals surface area contributed by atoms with Crippen LogP contribution in [0.2, 0.25) is 0 Å². The number of benzene rings is 3. The first kappa shape index (κ1) is 19.8. The predicted octanol–water partition coefficient (Wildman–Crippen LogP) is 4.84. The van der Waals surface area contributed by atoms with Gasteiger partial charge in [-0.15, -0.1) is 0 Å². The molecule has 0 bridgehead atoms. The molecule has 2 amide bonds. The lowest BCUT2D eigenvalue weighted by molar-refractivity contribution is -0.126. The normalized spacial score (nSPS) is 22.4. The fourth-order valence-electron chi connectivity index (χ4n) is 5.21. The molecular weight excluding hydrogens is 414 g/mol. The van der Waals surface area contributed by atoms with Crippen molar-refractivity contribution in [2.24, 2.45) is 5.92 Å². The van der Waals surface area contributed by atoms with Crippen molar-refractivity contribution in [1.29, 1.82) is 0 Å². The van der Waals surface area contributed by atoms with Crippen LogP contribution in [-0.2, 0) is 14.4 Å². The van der Waals surface area contributed by atoms with Crippen LogP contribution in [0.15, 0.2) is 78.9 Å². The van der Waals surface area contributed by atoms with E-state index in [4.69, 9.17) is 4.84 Å². The largest absolute Gasteiger partial charge is 0.358 e. The van der Waals surface area contributed by atoms with Gasteiger partial charge in [0.2, 0.25) is 5.91 Å². The highest BCUT2D eigenvalue weighted by Crippen LogP contribution is 2.49. The number of imide groups is 1. The number of aromatic amines is 1. The Bertz CT molecular complexity index is 1390. The van der Waals surface area contributed by atoms with Crippen molar-refractivity contribution in [1.82, 2.24) is 4.98 Å². The number of fused-ring (bicyclic) bond motifs is 2. The summed E-state index contributed by atoms with van der Waals surface area (Å²) in [4.78, 5) is 38.3. The lowest BCUT2D eigenvalue weighted by atomic mass is 9.89. The van der Waals surface area contributed by atoms with Crippen LogP contribution in [0.25, 0.3) is 10.9 Å². The highest BCUT2D eigenvalue weighted by molar-refractivity contribution is 6.24. The molecule has 0 radical (unpaired) electrons. The van der Waals surface area contributed by atoms with E-state index < -0.39 is 18.1 Å². The summed E-state index contributed by atoms with van der Waals surface area (Å²) in [5, 5.41) is 2.78. The molecule has 3 aromatic carbocycles. The predicted molar refractivity (Wildman–Crippen MR) is 127 cm³/mol. The number of carbonyl (C=O) groups excluding carboxylic acids is 2. The number of para-hydroxylation sites is 2. The summed E-state index contributed by atoms with van der Waals surface area (Å²) < 4.78 is 0. The van der Waals surface area contributed by atoms with Crippen LogP contribution in [0.4, 0.5) is 11.4 Å². The van der Waals surface area contributed by atoms with Gasteiger partial charge in [-0.1, -0.05) is 48.5 Å². The minimum atomic E-state index is -0.878. The van der Waals surface area contributed by atoms with E-state index >= 15 is 0 Å². The molecule has 6 nitrogen and oxygen atoms in total. The Labute approximate surface area is 191 Å². The van der Waals surface area contributed by atoms with E-state index in [-0.39, 0.29) is 11.8 Å². The Morgan fingerprint density at radius 1 is 0.818 bits per heavy atom. The van der Waals surface area contributed by atoms with E-state index in [1.807, 2.05) is 86.6 Å². The minimum Gasteiger partial charge on any atom is -0.358 e. The van der Waals surface area contributed by atoms with E-state index in [9.17, 15) is 9.59 Å². The highest BCUT2D eigenvalue weighted by atomic mass is 16.7. The molecular formula is C27H23N3O3. The number of aryl methyl sites for hydroxylation is 2. The second-order valence-corrected chi connectivity index (χ2v) is 8.72. The van der Waals surface area contributed by atoms with Crippen LogP contribution in [-0.4, -0.2) is 22.9 Å². The first-order valence-electron chi connectivity index (χ1n) is 11.1. The zero-order chi connectivity index (χ0) is 22.7. The van der Waals surface area contributed by atoms with Crippen molar-refractivity contribution in [3.05, 3.63) is 95.7 Å². The van der Waals surface area contributed by atoms with E-state index in [1.54, 1.807) is 11.1 Å². The van der Waals surface area contributed by atoms with Gasteiger partial charge in [0.1, 0.15) is 5.92 Å². The number of hydrogen-bond acceptors (Lipinski definition) is 4. The number of nitrogens with zero attached hydrogens (tertiary/aromatic N) is 2. The van der Waals surface area contributed by atoms with Gasteiger partial charge in [-0.2, -0.15) is 0 Å². The maximum Gasteiger partial charge on any atom is 0.266 e. The number of rotatable bonds is 3. The molecule has 3 unspecified atom stereocenters. The molecule has 2 fully saturated rings. The van der Waals surface area contributed by atoms with Crippen molar-refractivity contribution < 1.29 is 14.4 Å². The third-order valence-corrected chi connectivity index (χ3v) is 6.63. The third kappa shape index (κ3) is 2.91. The Morgan fingerprint density at radius 2 is 1.55 bits per heavy atom. The van der Waals surface area contributed by atoms with Gasteiger partial charge in [0, 0.05) is 22.2 Å². The lowest BCUT2D eigenvalue weighted by Crippen LogP contribution is -2.37. The average Bonchev–Trinajstić information content (AvgIpc) is 3.43. The molecule has 164 valence electrons. The van der Waals surface area contributed by atoms with Crippen molar-refractivity contribution in [3.8, 4) is 0 Å².